The minimum Gasteiger partial charge on any atom is -0.550 e. The van der Waals surface area contributed by atoms with Crippen molar-refractivity contribution in [1.82, 2.24) is 20.6 Å². The van der Waals surface area contributed by atoms with Crippen molar-refractivity contribution in [2.75, 3.05) is 19.3 Å². The van der Waals surface area contributed by atoms with Crippen molar-refractivity contribution in [2.24, 2.45) is 4.99 Å². The van der Waals surface area contributed by atoms with Crippen LogP contribution in [-0.2, 0) is 39.6 Å². The molecule has 0 aliphatic heterocycles. The zero-order chi connectivity index (χ0) is 23.2. The van der Waals surface area contributed by atoms with Crippen LogP contribution in [0.25, 0.3) is 0 Å². The molecule has 0 fully saturated rings. The van der Waals surface area contributed by atoms with E-state index in [4.69, 9.17) is 15.5 Å². The number of carboxylic acid groups (broad SMARTS) is 3. The third-order valence-electron chi connectivity index (χ3n) is 3.35. The molecule has 0 spiro atoms. The van der Waals surface area contributed by atoms with Crippen LogP contribution < -0.4 is 20.8 Å². The van der Waals surface area contributed by atoms with Crippen molar-refractivity contribution in [3.05, 3.63) is 17.7 Å². The molecule has 13 nitrogen and oxygen atoms in total. The molecule has 1 rings (SSSR count). The molecule has 0 bridgehead atoms. The molecule has 1 unspecified atom stereocenters. The first-order valence-electron chi connectivity index (χ1n) is 8.35. The van der Waals surface area contributed by atoms with E-state index in [1.54, 1.807) is 25.1 Å². The smallest absolute Gasteiger partial charge is 0.550 e. The number of nitrogens with one attached hydrogen (secondary N) is 3. The predicted molar refractivity (Wildman–Crippen MR) is 101 cm³/mol. The summed E-state index contributed by atoms with van der Waals surface area (Å²) in [6.45, 7) is 2.68. The van der Waals surface area contributed by atoms with Crippen molar-refractivity contribution in [2.45, 2.75) is 31.1 Å². The molecule has 31 heavy (non-hydrogen) atoms. The largest absolute Gasteiger partial charge is 2.00 e. The number of carbonyl (C=O) groups excluding carboxylic acids is 2. The van der Waals surface area contributed by atoms with E-state index in [0.29, 0.717) is 12.5 Å². The number of thioether (sulfide) groups is 1. The van der Waals surface area contributed by atoms with Crippen molar-refractivity contribution < 1.29 is 54.3 Å². The minimum atomic E-state index is -2.91. The summed E-state index contributed by atoms with van der Waals surface area (Å²) in [5.74, 6) is -3.39. The van der Waals surface area contributed by atoms with Crippen LogP contribution in [0.15, 0.2) is 11.3 Å². The van der Waals surface area contributed by atoms with E-state index >= 15 is 0 Å². The quantitative estimate of drug-likeness (QED) is 0.0523. The fraction of sp³-hybridized carbons (Fsp3) is 0.500. The number of hydrogen-bond donors (Lipinski definition) is 5. The maximum atomic E-state index is 10.2. The van der Waals surface area contributed by atoms with Gasteiger partial charge in [-0.25, -0.2) is 4.98 Å². The second-order valence-electron chi connectivity index (χ2n) is 5.68. The first-order chi connectivity index (χ1) is 14.1. The van der Waals surface area contributed by atoms with Crippen LogP contribution in [0.4, 0.5) is 0 Å². The van der Waals surface area contributed by atoms with Gasteiger partial charge in [-0.2, -0.15) is 17.0 Å². The number of rotatable bonds is 10. The normalized spacial score (nSPS) is 12.1. The van der Waals surface area contributed by atoms with E-state index in [2.05, 4.69) is 25.6 Å². The van der Waals surface area contributed by atoms with E-state index < -0.39 is 36.4 Å². The molecule has 166 valence electrons. The Labute approximate surface area is 195 Å². The summed E-state index contributed by atoms with van der Waals surface area (Å²) in [6.07, 6.45) is 0.968. The first-order valence-corrected chi connectivity index (χ1v) is 9.50. The third kappa shape index (κ3) is 13.3. The monoisotopic (exact) mass is 506 g/mol. The summed E-state index contributed by atoms with van der Waals surface area (Å²) in [5.41, 5.74) is -0.712. The number of nitriles is 1. The number of aliphatic carboxylic acids is 3. The van der Waals surface area contributed by atoms with Gasteiger partial charge >= 0.3 is 25.4 Å². The average molecular weight is 508 g/mol. The Morgan fingerprint density at radius 2 is 2.03 bits per heavy atom. The van der Waals surface area contributed by atoms with E-state index in [1.165, 1.54) is 0 Å². The van der Waals surface area contributed by atoms with Crippen molar-refractivity contribution >= 4 is 35.6 Å². The maximum absolute atomic E-state index is 10.2. The number of H-pyrrole nitrogens is 1. The van der Waals surface area contributed by atoms with Crippen LogP contribution in [-0.4, -0.2) is 69.0 Å². The fourth-order valence-electron chi connectivity index (χ4n) is 1.85. The minimum absolute atomic E-state index is 0. The van der Waals surface area contributed by atoms with Crippen molar-refractivity contribution in [3.63, 3.8) is 0 Å². The standard InChI is InChI=1S/C10H16N6S.C6H8O7.Zn/c1-8-9(16-7-15-8)5-17-4-3-13-10(12-2)14-6-11;7-3(8)1-6(13,5(11)12)2-4(9)10;/h7H,3-5H2,1-2H3,(H,15,16)(H2,12,13,14);13H,1-2H2,(H,7,8)(H,9,10)(H,11,12);/q;;+2/p-2. The van der Waals surface area contributed by atoms with Crippen LogP contribution >= 0.6 is 11.8 Å². The van der Waals surface area contributed by atoms with Gasteiger partial charge in [-0.05, 0) is 6.92 Å². The summed E-state index contributed by atoms with van der Waals surface area (Å²) < 4.78 is 0. The van der Waals surface area contributed by atoms with Gasteiger partial charge in [0.05, 0.1) is 31.0 Å². The Hall–Kier alpha value is -2.69. The number of hydrogen-bond acceptors (Lipinski definition) is 10. The number of aromatic amines is 1. The predicted octanol–water partition coefficient (Wildman–Crippen LogP) is -3.32. The number of carboxylic acids is 3. The molecule has 0 aliphatic rings. The van der Waals surface area contributed by atoms with E-state index in [0.717, 1.165) is 22.9 Å². The summed E-state index contributed by atoms with van der Waals surface area (Å²) in [5, 5.41) is 50.9. The number of aliphatic hydroxyl groups is 1. The van der Waals surface area contributed by atoms with Crippen LogP contribution in [0, 0.1) is 18.4 Å². The Kier molecular flexibility index (Phi) is 15.8. The van der Waals surface area contributed by atoms with Gasteiger partial charge in [-0.15, -0.1) is 0 Å². The molecular formula is C16H22N6O7SZn. The Morgan fingerprint density at radius 1 is 1.39 bits per heavy atom. The summed E-state index contributed by atoms with van der Waals surface area (Å²) in [6, 6.07) is 0. The Balaban J connectivity index is 0. The molecule has 1 aromatic rings. The van der Waals surface area contributed by atoms with Gasteiger partial charge < -0.3 is 40.3 Å². The van der Waals surface area contributed by atoms with Gasteiger partial charge in [0.1, 0.15) is 5.60 Å². The molecule has 0 amide bonds. The molecule has 0 saturated carbocycles. The van der Waals surface area contributed by atoms with Crippen LogP contribution in [0.1, 0.15) is 24.2 Å². The summed E-state index contributed by atoms with van der Waals surface area (Å²) in [7, 11) is 1.73. The zero-order valence-electron chi connectivity index (χ0n) is 17.0. The van der Waals surface area contributed by atoms with Gasteiger partial charge in [0.2, 0.25) is 5.96 Å². The molecule has 1 atom stereocenters. The molecule has 5 N–H and O–H groups in total. The number of aryl methyl sites for hydroxylation is 1. The Morgan fingerprint density at radius 3 is 2.45 bits per heavy atom. The molecular weight excluding hydrogens is 486 g/mol. The average Bonchev–Trinajstić information content (AvgIpc) is 3.04. The van der Waals surface area contributed by atoms with Crippen LogP contribution in [0.5, 0.6) is 0 Å². The SMILES string of the molecule is CN/C(=N/CCSCc1nc[nH]c1C)NC#N.O=C([O-])CC(O)(CC(=O)O)C(=O)[O-].[Zn+2]. The number of imidazole rings is 1. The first kappa shape index (κ1) is 30.5. The second-order valence-corrected chi connectivity index (χ2v) is 6.79. The number of nitrogens with zero attached hydrogens (tertiary/aromatic N) is 3. The second kappa shape index (κ2) is 16.1. The van der Waals surface area contributed by atoms with E-state index in [9.17, 15) is 24.6 Å². The Bertz CT molecular complexity index is 780. The van der Waals surface area contributed by atoms with Gasteiger partial charge in [0, 0.05) is 36.6 Å². The van der Waals surface area contributed by atoms with Crippen molar-refractivity contribution in [1.29, 1.82) is 5.26 Å². The topological polar surface area (TPSA) is 227 Å². The molecule has 0 radical (unpaired) electrons. The van der Waals surface area contributed by atoms with Gasteiger partial charge in [0.15, 0.2) is 6.19 Å². The molecule has 15 heteroatoms. The number of guanidine groups is 1. The van der Waals surface area contributed by atoms with Crippen molar-refractivity contribution in [3.8, 4) is 6.19 Å². The molecule has 0 aliphatic carbocycles. The summed E-state index contributed by atoms with van der Waals surface area (Å²) in [4.78, 5) is 41.6. The number of aromatic nitrogens is 2. The molecule has 1 heterocycles. The van der Waals surface area contributed by atoms with Crippen LogP contribution in [0.2, 0.25) is 0 Å². The van der Waals surface area contributed by atoms with E-state index in [1.807, 2.05) is 13.1 Å². The fourth-order valence-corrected chi connectivity index (χ4v) is 2.70. The molecule has 0 saturated heterocycles. The summed E-state index contributed by atoms with van der Waals surface area (Å²) >= 11 is 1.77. The van der Waals surface area contributed by atoms with Gasteiger partial charge in [-0.1, -0.05) is 0 Å². The van der Waals surface area contributed by atoms with E-state index in [-0.39, 0.29) is 19.5 Å². The molecule has 0 aromatic carbocycles. The van der Waals surface area contributed by atoms with Gasteiger partial charge in [-0.3, -0.25) is 15.1 Å². The van der Waals surface area contributed by atoms with Gasteiger partial charge in [0.25, 0.3) is 0 Å². The third-order valence-corrected chi connectivity index (χ3v) is 4.30. The number of carbonyl (C=O) groups is 3. The number of aliphatic imine (C=N–C) groups is 1. The maximum Gasteiger partial charge on any atom is 2.00 e. The molecule has 1 aromatic heterocycles. The zero-order valence-corrected chi connectivity index (χ0v) is 20.8. The van der Waals surface area contributed by atoms with Crippen LogP contribution in [0.3, 0.4) is 0 Å².